The Bertz CT molecular complexity index is 3270. The molecule has 8 aromatic rings. The Kier molecular flexibility index (Phi) is 8.38. The van der Waals surface area contributed by atoms with E-state index in [4.69, 9.17) is 19.4 Å². The smallest absolute Gasteiger partial charge is 0.164 e. The van der Waals surface area contributed by atoms with E-state index in [0.717, 1.165) is 91.8 Å². The number of hydrogen-bond acceptors (Lipinski definition) is 4. The number of benzene rings is 6. The molecule has 4 heteroatoms. The summed E-state index contributed by atoms with van der Waals surface area (Å²) in [5, 5.41) is 3.32. The molecule has 0 fully saturated rings. The summed E-state index contributed by atoms with van der Waals surface area (Å²) in [4.78, 5) is 15.6. The number of furan rings is 1. The van der Waals surface area contributed by atoms with Crippen LogP contribution in [0.15, 0.2) is 156 Å². The van der Waals surface area contributed by atoms with Crippen molar-refractivity contribution in [2.75, 3.05) is 0 Å². The molecule has 0 amide bonds. The van der Waals surface area contributed by atoms with E-state index in [-0.39, 0.29) is 5.41 Å². The third-order valence-corrected chi connectivity index (χ3v) is 12.8. The molecular formula is C56H43N3O. The number of hydrogen-bond donors (Lipinski definition) is 0. The lowest BCUT2D eigenvalue weighted by molar-refractivity contribution is 0.544. The van der Waals surface area contributed by atoms with E-state index in [9.17, 15) is 0 Å². The van der Waals surface area contributed by atoms with Crippen LogP contribution in [-0.4, -0.2) is 15.0 Å². The third kappa shape index (κ3) is 5.85. The molecule has 2 heterocycles. The minimum Gasteiger partial charge on any atom is -0.460 e. The molecule has 0 radical (unpaired) electrons. The maximum absolute atomic E-state index is 6.61. The highest BCUT2D eigenvalue weighted by atomic mass is 16.3. The molecule has 0 aliphatic heterocycles. The number of rotatable bonds is 6. The molecule has 0 saturated carbocycles. The molecule has 0 N–H and O–H groups in total. The largest absolute Gasteiger partial charge is 0.460 e. The molecule has 0 bridgehead atoms. The first kappa shape index (κ1) is 36.0. The zero-order valence-corrected chi connectivity index (χ0v) is 33.9. The molecule has 60 heavy (non-hydrogen) atoms. The minimum atomic E-state index is -0.0897. The SMILES string of the molecule is C=C(/C=c1/ccc2c(c1=C)CCC=C2)C1=Cc2c(oc3cccc(-c4ccccc4-c4nc(-c5ccccc5)nc(-c5ccc6c(c5)-c5ccccc5C6(C)C)n4)c23)CC1. The van der Waals surface area contributed by atoms with Gasteiger partial charge in [-0.15, -0.1) is 0 Å². The van der Waals surface area contributed by atoms with Crippen LogP contribution in [0.5, 0.6) is 0 Å². The Balaban J connectivity index is 1.04. The Hall–Kier alpha value is -7.17. The fraction of sp³-hybridized carbons (Fsp3) is 0.125. The predicted octanol–water partition coefficient (Wildman–Crippen LogP) is 12.3. The average Bonchev–Trinajstić information content (AvgIpc) is 3.78. The molecular weight excluding hydrogens is 731 g/mol. The number of aryl methyl sites for hydroxylation is 1. The van der Waals surface area contributed by atoms with Gasteiger partial charge in [0.25, 0.3) is 0 Å². The second-order valence-corrected chi connectivity index (χ2v) is 16.7. The van der Waals surface area contributed by atoms with Gasteiger partial charge in [-0.05, 0) is 110 Å². The summed E-state index contributed by atoms with van der Waals surface area (Å²) in [6.45, 7) is 13.7. The summed E-state index contributed by atoms with van der Waals surface area (Å²) in [6, 6.07) is 44.8. The van der Waals surface area contributed by atoms with Gasteiger partial charge >= 0.3 is 0 Å². The molecule has 0 saturated heterocycles. The van der Waals surface area contributed by atoms with Crippen LogP contribution >= 0.6 is 0 Å². The second-order valence-electron chi connectivity index (χ2n) is 16.7. The summed E-state index contributed by atoms with van der Waals surface area (Å²) in [6.07, 6.45) is 12.7. The van der Waals surface area contributed by atoms with Crippen molar-refractivity contribution in [1.82, 2.24) is 15.0 Å². The van der Waals surface area contributed by atoms with E-state index in [0.29, 0.717) is 17.5 Å². The Morgan fingerprint density at radius 3 is 2.22 bits per heavy atom. The van der Waals surface area contributed by atoms with Gasteiger partial charge < -0.3 is 4.42 Å². The Morgan fingerprint density at radius 2 is 1.37 bits per heavy atom. The highest BCUT2D eigenvalue weighted by Gasteiger charge is 2.35. The first-order chi connectivity index (χ1) is 29.3. The van der Waals surface area contributed by atoms with Gasteiger partial charge in [-0.2, -0.15) is 0 Å². The van der Waals surface area contributed by atoms with Crippen LogP contribution in [0.1, 0.15) is 60.3 Å². The Labute approximate surface area is 350 Å². The van der Waals surface area contributed by atoms with Crippen molar-refractivity contribution in [3.05, 3.63) is 195 Å². The van der Waals surface area contributed by atoms with E-state index < -0.39 is 0 Å². The maximum atomic E-state index is 6.61. The van der Waals surface area contributed by atoms with Crippen LogP contribution in [0.4, 0.5) is 0 Å². The molecule has 11 rings (SSSR count). The molecule has 3 aliphatic carbocycles. The standard InChI is InChI=1S/C56H43N3O/c1-34(31-39-26-25-36-15-8-9-18-41(36)35(39)2)38-28-30-50-47(32-38)52-44(22-14-24-51(52)60-50)42-19-10-11-21-45(42)55-58-53(37-16-6-5-7-17-37)57-54(59-55)40-27-29-49-46(33-40)43-20-12-13-23-48(43)56(49,3)4/h5-8,10-17,19-27,29,31-33H,1-2,9,18,28,30H2,3-4H3/b39-31-. The number of fused-ring (bicyclic) bond motifs is 7. The summed E-state index contributed by atoms with van der Waals surface area (Å²) in [5.41, 5.74) is 16.8. The third-order valence-electron chi connectivity index (χ3n) is 12.8. The molecule has 0 atom stereocenters. The quantitative estimate of drug-likeness (QED) is 0.169. The van der Waals surface area contributed by atoms with Crippen LogP contribution in [-0.2, 0) is 18.3 Å². The lowest BCUT2D eigenvalue weighted by Gasteiger charge is -2.21. The first-order valence-corrected chi connectivity index (χ1v) is 20.9. The van der Waals surface area contributed by atoms with Crippen LogP contribution in [0, 0.1) is 0 Å². The number of nitrogens with zero attached hydrogens (tertiary/aromatic N) is 3. The van der Waals surface area contributed by atoms with Gasteiger partial charge in [-0.1, -0.05) is 154 Å². The van der Waals surface area contributed by atoms with Crippen molar-refractivity contribution in [2.45, 2.75) is 44.9 Å². The summed E-state index contributed by atoms with van der Waals surface area (Å²) >= 11 is 0. The van der Waals surface area contributed by atoms with E-state index >= 15 is 0 Å². The normalized spacial score (nSPS) is 15.0. The van der Waals surface area contributed by atoms with Crippen molar-refractivity contribution in [3.63, 3.8) is 0 Å². The maximum Gasteiger partial charge on any atom is 0.164 e. The molecule has 3 aliphatic rings. The fourth-order valence-electron chi connectivity index (χ4n) is 9.68. The lowest BCUT2D eigenvalue weighted by atomic mass is 9.82. The van der Waals surface area contributed by atoms with Crippen molar-refractivity contribution < 1.29 is 4.42 Å². The van der Waals surface area contributed by atoms with Crippen molar-refractivity contribution in [1.29, 1.82) is 0 Å². The minimum absolute atomic E-state index is 0.0897. The molecule has 0 unspecified atom stereocenters. The van der Waals surface area contributed by atoms with E-state index in [2.05, 4.69) is 161 Å². The molecule has 6 aromatic carbocycles. The molecule has 4 nitrogen and oxygen atoms in total. The highest BCUT2D eigenvalue weighted by molar-refractivity contribution is 6.04. The molecule has 2 aromatic heterocycles. The van der Waals surface area contributed by atoms with Crippen LogP contribution in [0.25, 0.3) is 92.2 Å². The van der Waals surface area contributed by atoms with Crippen molar-refractivity contribution in [3.8, 4) is 56.4 Å². The van der Waals surface area contributed by atoms with Gasteiger partial charge in [0.15, 0.2) is 17.5 Å². The zero-order valence-electron chi connectivity index (χ0n) is 33.9. The average molecular weight is 774 g/mol. The number of allylic oxidation sites excluding steroid dienone is 3. The Morgan fingerprint density at radius 1 is 0.650 bits per heavy atom. The van der Waals surface area contributed by atoms with Crippen LogP contribution < -0.4 is 10.4 Å². The molecule has 0 spiro atoms. The van der Waals surface area contributed by atoms with Crippen molar-refractivity contribution >= 4 is 35.8 Å². The summed E-state index contributed by atoms with van der Waals surface area (Å²) < 4.78 is 6.61. The van der Waals surface area contributed by atoms with E-state index in [1.165, 1.54) is 39.0 Å². The zero-order chi connectivity index (χ0) is 40.5. The summed E-state index contributed by atoms with van der Waals surface area (Å²) in [5.74, 6) is 2.89. The monoisotopic (exact) mass is 773 g/mol. The van der Waals surface area contributed by atoms with E-state index in [1.807, 2.05) is 18.2 Å². The van der Waals surface area contributed by atoms with Gasteiger partial charge in [0.05, 0.1) is 0 Å². The number of aromatic nitrogens is 3. The predicted molar refractivity (Wildman–Crippen MR) is 247 cm³/mol. The van der Waals surface area contributed by atoms with Gasteiger partial charge in [0.1, 0.15) is 11.3 Å². The van der Waals surface area contributed by atoms with Crippen molar-refractivity contribution in [2.24, 2.45) is 0 Å². The second kappa shape index (κ2) is 14.0. The van der Waals surface area contributed by atoms with Gasteiger partial charge in [-0.3, -0.25) is 0 Å². The summed E-state index contributed by atoms with van der Waals surface area (Å²) in [7, 11) is 0. The van der Waals surface area contributed by atoms with Gasteiger partial charge in [0, 0.05) is 39.5 Å². The first-order valence-electron chi connectivity index (χ1n) is 20.9. The fourth-order valence-corrected chi connectivity index (χ4v) is 9.68. The highest BCUT2D eigenvalue weighted by Crippen LogP contribution is 2.49. The van der Waals surface area contributed by atoms with Gasteiger partial charge in [-0.25, -0.2) is 15.0 Å². The van der Waals surface area contributed by atoms with Crippen LogP contribution in [0.2, 0.25) is 0 Å². The molecule has 288 valence electrons. The van der Waals surface area contributed by atoms with E-state index in [1.54, 1.807) is 0 Å². The topological polar surface area (TPSA) is 51.8 Å². The lowest BCUT2D eigenvalue weighted by Crippen LogP contribution is -2.29. The van der Waals surface area contributed by atoms with Crippen LogP contribution in [0.3, 0.4) is 0 Å². The van der Waals surface area contributed by atoms with Gasteiger partial charge in [0.2, 0.25) is 0 Å².